The van der Waals surface area contributed by atoms with Crippen LogP contribution in [-0.4, -0.2) is 30.3 Å². The van der Waals surface area contributed by atoms with Gasteiger partial charge in [-0.3, -0.25) is 14.9 Å². The predicted octanol–water partition coefficient (Wildman–Crippen LogP) is 2.41. The van der Waals surface area contributed by atoms with Gasteiger partial charge in [-0.05, 0) is 0 Å². The molecule has 0 amide bonds. The number of nitro groups is 1. The Morgan fingerprint density at radius 2 is 2.21 bits per heavy atom. The Morgan fingerprint density at radius 3 is 2.92 bits per heavy atom. The number of benzene rings is 1. The van der Waals surface area contributed by atoms with Crippen LogP contribution >= 0.6 is 23.4 Å². The van der Waals surface area contributed by atoms with Crippen molar-refractivity contribution in [3.8, 4) is 11.3 Å². The van der Waals surface area contributed by atoms with Gasteiger partial charge in [0.15, 0.2) is 5.16 Å². The van der Waals surface area contributed by atoms with Crippen molar-refractivity contribution < 1.29 is 4.92 Å². The summed E-state index contributed by atoms with van der Waals surface area (Å²) in [5.74, 6) is 0.440. The number of H-pyrrole nitrogens is 2. The van der Waals surface area contributed by atoms with Crippen molar-refractivity contribution in [3.63, 3.8) is 0 Å². The van der Waals surface area contributed by atoms with Gasteiger partial charge < -0.3 is 4.98 Å². The number of halogens is 1. The lowest BCUT2D eigenvalue weighted by atomic mass is 10.1. The maximum atomic E-state index is 12.0. The molecule has 2 heterocycles. The first-order valence-electron chi connectivity index (χ1n) is 6.56. The van der Waals surface area contributed by atoms with Crippen molar-refractivity contribution in [2.75, 3.05) is 0 Å². The lowest BCUT2D eigenvalue weighted by Gasteiger charge is -2.06. The maximum Gasteiger partial charge on any atom is 0.270 e. The molecule has 2 N–H and O–H groups in total. The van der Waals surface area contributed by atoms with E-state index >= 15 is 0 Å². The monoisotopic (exact) mass is 364 g/mol. The number of thioether (sulfide) groups is 1. The summed E-state index contributed by atoms with van der Waals surface area (Å²) < 4.78 is 0. The molecule has 0 radical (unpaired) electrons. The molecule has 0 aliphatic heterocycles. The van der Waals surface area contributed by atoms with Gasteiger partial charge in [-0.25, -0.2) is 4.98 Å². The second kappa shape index (κ2) is 6.81. The molecule has 0 bridgehead atoms. The number of nitro benzene ring substituents is 1. The van der Waals surface area contributed by atoms with Crippen molar-refractivity contribution in [2.24, 2.45) is 0 Å². The van der Waals surface area contributed by atoms with Gasteiger partial charge in [0.1, 0.15) is 5.02 Å². The van der Waals surface area contributed by atoms with E-state index in [0.717, 1.165) is 0 Å². The van der Waals surface area contributed by atoms with E-state index in [2.05, 4.69) is 25.4 Å². The Hall–Kier alpha value is -2.72. The van der Waals surface area contributed by atoms with Crippen LogP contribution in [0.2, 0.25) is 5.02 Å². The van der Waals surface area contributed by atoms with Gasteiger partial charge in [-0.1, -0.05) is 35.5 Å². The van der Waals surface area contributed by atoms with Crippen LogP contribution in [0.3, 0.4) is 0 Å². The van der Waals surface area contributed by atoms with Gasteiger partial charge in [0.25, 0.3) is 11.2 Å². The molecule has 122 valence electrons. The van der Waals surface area contributed by atoms with Gasteiger partial charge in [0, 0.05) is 23.4 Å². The Morgan fingerprint density at radius 1 is 1.38 bits per heavy atom. The molecular weight excluding hydrogens is 356 g/mol. The van der Waals surface area contributed by atoms with Gasteiger partial charge in [-0.2, -0.15) is 15.4 Å². The van der Waals surface area contributed by atoms with Crippen LogP contribution in [0.4, 0.5) is 5.69 Å². The lowest BCUT2D eigenvalue weighted by molar-refractivity contribution is -0.384. The van der Waals surface area contributed by atoms with Crippen molar-refractivity contribution >= 4 is 29.1 Å². The third kappa shape index (κ3) is 3.44. The minimum absolute atomic E-state index is 0.109. The molecule has 2 aromatic heterocycles. The van der Waals surface area contributed by atoms with E-state index in [0.29, 0.717) is 22.2 Å². The van der Waals surface area contributed by atoms with Crippen molar-refractivity contribution in [3.05, 3.63) is 61.6 Å². The molecule has 0 aliphatic carbocycles. The maximum absolute atomic E-state index is 12.0. The first-order valence-corrected chi connectivity index (χ1v) is 7.93. The fourth-order valence-corrected chi connectivity index (χ4v) is 2.84. The smallest absolute Gasteiger partial charge is 0.270 e. The van der Waals surface area contributed by atoms with Crippen LogP contribution in [0.15, 0.2) is 40.4 Å². The third-order valence-corrected chi connectivity index (χ3v) is 4.25. The molecule has 3 rings (SSSR count). The van der Waals surface area contributed by atoms with Crippen LogP contribution in [0, 0.1) is 10.1 Å². The number of aromatic amines is 2. The Bertz CT molecular complexity index is 943. The second-order valence-corrected chi connectivity index (χ2v) is 5.93. The molecule has 9 nitrogen and oxygen atoms in total. The first kappa shape index (κ1) is 16.1. The van der Waals surface area contributed by atoms with Crippen LogP contribution in [-0.2, 0) is 5.75 Å². The molecule has 0 atom stereocenters. The molecule has 0 spiro atoms. The fraction of sp³-hybridized carbons (Fsp3) is 0.0769. The van der Waals surface area contributed by atoms with Crippen LogP contribution < -0.4 is 5.56 Å². The molecule has 3 aromatic rings. The molecule has 0 unspecified atom stereocenters. The zero-order valence-electron chi connectivity index (χ0n) is 11.9. The third-order valence-electron chi connectivity index (χ3n) is 2.99. The van der Waals surface area contributed by atoms with Crippen molar-refractivity contribution in [1.29, 1.82) is 0 Å². The number of hydrogen-bond donors (Lipinski definition) is 2. The van der Waals surface area contributed by atoms with E-state index in [1.54, 1.807) is 12.3 Å². The average molecular weight is 365 g/mol. The van der Waals surface area contributed by atoms with Gasteiger partial charge in [0.05, 0.1) is 22.5 Å². The highest BCUT2D eigenvalue weighted by molar-refractivity contribution is 7.98. The summed E-state index contributed by atoms with van der Waals surface area (Å²) >= 11 is 7.26. The number of rotatable bonds is 5. The Kier molecular flexibility index (Phi) is 4.58. The van der Waals surface area contributed by atoms with E-state index in [-0.39, 0.29) is 16.4 Å². The zero-order valence-corrected chi connectivity index (χ0v) is 13.5. The van der Waals surface area contributed by atoms with Crippen molar-refractivity contribution in [1.82, 2.24) is 25.4 Å². The van der Waals surface area contributed by atoms with Crippen molar-refractivity contribution in [2.45, 2.75) is 10.9 Å². The highest BCUT2D eigenvalue weighted by Gasteiger charge is 2.15. The topological polar surface area (TPSA) is 130 Å². The molecule has 1 aromatic carbocycles. The van der Waals surface area contributed by atoms with E-state index in [1.165, 1.54) is 30.0 Å². The summed E-state index contributed by atoms with van der Waals surface area (Å²) in [6, 6.07) is 5.78. The van der Waals surface area contributed by atoms with Gasteiger partial charge in [0.2, 0.25) is 0 Å². The number of non-ortho nitro benzene ring substituents is 1. The summed E-state index contributed by atoms with van der Waals surface area (Å²) in [5, 5.41) is 21.2. The highest BCUT2D eigenvalue weighted by atomic mass is 35.5. The summed E-state index contributed by atoms with van der Waals surface area (Å²) in [5.41, 5.74) is 0.642. The number of hydrogen-bond acceptors (Lipinski definition) is 7. The summed E-state index contributed by atoms with van der Waals surface area (Å²) in [6.07, 6.45) is 1.56. The number of aromatic nitrogens is 5. The quantitative estimate of drug-likeness (QED) is 0.307. The summed E-state index contributed by atoms with van der Waals surface area (Å²) in [4.78, 5) is 29.2. The van der Waals surface area contributed by atoms with E-state index in [1.807, 2.05) is 0 Å². The second-order valence-electron chi connectivity index (χ2n) is 4.59. The predicted molar refractivity (Wildman–Crippen MR) is 87.9 cm³/mol. The van der Waals surface area contributed by atoms with Gasteiger partial charge >= 0.3 is 0 Å². The normalized spacial score (nSPS) is 10.7. The zero-order chi connectivity index (χ0) is 17.1. The van der Waals surface area contributed by atoms with E-state index in [4.69, 9.17) is 11.6 Å². The van der Waals surface area contributed by atoms with E-state index < -0.39 is 10.5 Å². The highest BCUT2D eigenvalue weighted by Crippen LogP contribution is 2.28. The first-order chi connectivity index (χ1) is 11.5. The minimum atomic E-state index is -0.523. The molecular formula is C13H9ClN6O3S. The molecule has 0 aliphatic rings. The van der Waals surface area contributed by atoms with Gasteiger partial charge in [-0.15, -0.1) is 0 Å². The molecule has 0 fully saturated rings. The molecule has 11 heteroatoms. The summed E-state index contributed by atoms with van der Waals surface area (Å²) in [7, 11) is 0. The Labute approximate surface area is 143 Å². The van der Waals surface area contributed by atoms with E-state index in [9.17, 15) is 14.9 Å². The molecule has 0 saturated carbocycles. The Balaban J connectivity index is 1.96. The molecule has 24 heavy (non-hydrogen) atoms. The fourth-order valence-electron chi connectivity index (χ4n) is 1.90. The SMILES string of the molecule is O=c1[nH]c(SCc2cn[nH]n2)nc(-c2cccc([N+](=O)[O-])c2)c1Cl. The number of nitrogens with zero attached hydrogens (tertiary/aromatic N) is 4. The standard InChI is InChI=1S/C13H9ClN6O3S/c14-10-11(7-2-1-3-9(4-7)20(22)23)16-13(17-12(10)21)24-6-8-5-15-19-18-8/h1-5H,6H2,(H,15,18,19)(H,16,17,21). The van der Waals surface area contributed by atoms with Crippen LogP contribution in [0.1, 0.15) is 5.69 Å². The summed E-state index contributed by atoms with van der Waals surface area (Å²) in [6.45, 7) is 0. The largest absolute Gasteiger partial charge is 0.300 e. The average Bonchev–Trinajstić information content (AvgIpc) is 3.09. The number of nitrogens with one attached hydrogen (secondary N) is 2. The molecule has 0 saturated heterocycles. The minimum Gasteiger partial charge on any atom is -0.300 e. The van der Waals surface area contributed by atoms with Crippen LogP contribution in [0.5, 0.6) is 0 Å². The van der Waals surface area contributed by atoms with Crippen LogP contribution in [0.25, 0.3) is 11.3 Å². The lowest BCUT2D eigenvalue weighted by Crippen LogP contribution is -2.11.